The molecule has 2 aliphatic heterocycles. The van der Waals surface area contributed by atoms with Gasteiger partial charge in [-0.3, -0.25) is 0 Å². The lowest BCUT2D eigenvalue weighted by Crippen LogP contribution is -2.13. The predicted octanol–water partition coefficient (Wildman–Crippen LogP) is 1.30. The molecule has 0 saturated heterocycles. The molecule has 0 amide bonds. The average Bonchev–Trinajstić information content (AvgIpc) is 2.87. The van der Waals surface area contributed by atoms with Gasteiger partial charge in [0.15, 0.2) is 0 Å². The van der Waals surface area contributed by atoms with Gasteiger partial charge < -0.3 is 15.8 Å². The Balaban J connectivity index is 1.74. The zero-order chi connectivity index (χ0) is 11.0. The quantitative estimate of drug-likeness (QED) is 0.785. The molecule has 4 nitrogen and oxygen atoms in total. The lowest BCUT2D eigenvalue weighted by atomic mass is 9.94. The van der Waals surface area contributed by atoms with E-state index in [1.165, 1.54) is 11.3 Å². The van der Waals surface area contributed by atoms with Crippen LogP contribution < -0.4 is 11.1 Å². The molecular weight excluding hydrogens is 202 g/mol. The van der Waals surface area contributed by atoms with Crippen molar-refractivity contribution < 1.29 is 4.74 Å². The molecule has 0 fully saturated rings. The summed E-state index contributed by atoms with van der Waals surface area (Å²) in [5.74, 6) is 0.527. The van der Waals surface area contributed by atoms with E-state index >= 15 is 0 Å². The number of anilines is 1. The van der Waals surface area contributed by atoms with Gasteiger partial charge >= 0.3 is 0 Å². The van der Waals surface area contributed by atoms with Gasteiger partial charge in [0.05, 0.1) is 6.04 Å². The largest absolute Gasteiger partial charge is 0.463 e. The van der Waals surface area contributed by atoms with Crippen LogP contribution >= 0.6 is 0 Å². The highest BCUT2D eigenvalue weighted by molar-refractivity contribution is 5.73. The SMILES string of the molecule is NC1=N[C@@H](CC2CNc3ccccc32)CO1. The molecule has 1 aromatic rings. The predicted molar refractivity (Wildman–Crippen MR) is 63.7 cm³/mol. The van der Waals surface area contributed by atoms with Crippen LogP contribution in [-0.2, 0) is 4.74 Å². The maximum absolute atomic E-state index is 5.51. The van der Waals surface area contributed by atoms with E-state index in [0.29, 0.717) is 18.5 Å². The monoisotopic (exact) mass is 217 g/mol. The number of nitrogens with two attached hydrogens (primary N) is 1. The van der Waals surface area contributed by atoms with E-state index in [0.717, 1.165) is 13.0 Å². The molecule has 0 spiro atoms. The number of rotatable bonds is 2. The summed E-state index contributed by atoms with van der Waals surface area (Å²) < 4.78 is 5.17. The fraction of sp³-hybridized carbons (Fsp3) is 0.417. The highest BCUT2D eigenvalue weighted by Gasteiger charge is 2.27. The van der Waals surface area contributed by atoms with Crippen molar-refractivity contribution in [1.82, 2.24) is 0 Å². The van der Waals surface area contributed by atoms with E-state index in [2.05, 4.69) is 34.6 Å². The van der Waals surface area contributed by atoms with Crippen LogP contribution in [0.2, 0.25) is 0 Å². The number of hydrogen-bond acceptors (Lipinski definition) is 4. The summed E-state index contributed by atoms with van der Waals surface area (Å²) in [7, 11) is 0. The Morgan fingerprint density at radius 2 is 2.31 bits per heavy atom. The number of para-hydroxylation sites is 1. The molecule has 16 heavy (non-hydrogen) atoms. The van der Waals surface area contributed by atoms with Gasteiger partial charge in [0.25, 0.3) is 6.02 Å². The Morgan fingerprint density at radius 1 is 1.44 bits per heavy atom. The van der Waals surface area contributed by atoms with Gasteiger partial charge in [0.1, 0.15) is 6.61 Å². The molecule has 2 aliphatic rings. The van der Waals surface area contributed by atoms with Crippen LogP contribution in [0, 0.1) is 0 Å². The molecule has 3 N–H and O–H groups in total. The minimum atomic E-state index is 0.220. The molecule has 3 rings (SSSR count). The Morgan fingerprint density at radius 3 is 3.12 bits per heavy atom. The molecule has 0 bridgehead atoms. The number of fused-ring (bicyclic) bond motifs is 1. The molecule has 0 aliphatic carbocycles. The maximum Gasteiger partial charge on any atom is 0.282 e. The number of benzene rings is 1. The van der Waals surface area contributed by atoms with Crippen LogP contribution in [0.15, 0.2) is 29.3 Å². The first-order valence-corrected chi connectivity index (χ1v) is 5.62. The Hall–Kier alpha value is -1.71. The van der Waals surface area contributed by atoms with Crippen molar-refractivity contribution in [3.63, 3.8) is 0 Å². The highest BCUT2D eigenvalue weighted by Crippen LogP contribution is 2.34. The summed E-state index contributed by atoms with van der Waals surface area (Å²) in [4.78, 5) is 4.27. The van der Waals surface area contributed by atoms with Crippen LogP contribution in [0.25, 0.3) is 0 Å². The first kappa shape index (κ1) is 9.51. The van der Waals surface area contributed by atoms with Gasteiger partial charge in [-0.25, -0.2) is 4.99 Å². The van der Waals surface area contributed by atoms with Crippen molar-refractivity contribution in [3.05, 3.63) is 29.8 Å². The Labute approximate surface area is 94.5 Å². The third-order valence-electron chi connectivity index (χ3n) is 3.23. The second-order valence-electron chi connectivity index (χ2n) is 4.33. The Bertz CT molecular complexity index is 430. The molecule has 0 aromatic heterocycles. The normalized spacial score (nSPS) is 26.9. The van der Waals surface area contributed by atoms with Gasteiger partial charge in [0, 0.05) is 18.2 Å². The molecule has 4 heteroatoms. The molecule has 2 atom stereocenters. The van der Waals surface area contributed by atoms with Gasteiger partial charge in [-0.15, -0.1) is 0 Å². The summed E-state index contributed by atoms with van der Waals surface area (Å²) in [6, 6.07) is 9.01. The second-order valence-corrected chi connectivity index (χ2v) is 4.33. The first-order chi connectivity index (χ1) is 7.83. The van der Waals surface area contributed by atoms with Crippen LogP contribution in [0.1, 0.15) is 17.9 Å². The second kappa shape index (κ2) is 3.70. The van der Waals surface area contributed by atoms with Crippen molar-refractivity contribution in [1.29, 1.82) is 0 Å². The highest BCUT2D eigenvalue weighted by atomic mass is 16.5. The lowest BCUT2D eigenvalue weighted by Gasteiger charge is -2.12. The topological polar surface area (TPSA) is 59.6 Å². The molecule has 1 aromatic carbocycles. The number of ether oxygens (including phenoxy) is 1. The van der Waals surface area contributed by atoms with E-state index in [1.807, 2.05) is 0 Å². The number of nitrogens with one attached hydrogen (secondary N) is 1. The van der Waals surface area contributed by atoms with Gasteiger partial charge in [-0.2, -0.15) is 0 Å². The van der Waals surface area contributed by atoms with E-state index < -0.39 is 0 Å². The minimum absolute atomic E-state index is 0.220. The number of hydrogen-bond donors (Lipinski definition) is 2. The molecule has 0 saturated carbocycles. The number of amidine groups is 1. The van der Waals surface area contributed by atoms with Crippen molar-refractivity contribution in [3.8, 4) is 0 Å². The minimum Gasteiger partial charge on any atom is -0.463 e. The molecule has 2 heterocycles. The summed E-state index contributed by atoms with van der Waals surface area (Å²) in [5, 5.41) is 3.41. The van der Waals surface area contributed by atoms with Crippen LogP contribution in [0.3, 0.4) is 0 Å². The number of aliphatic imine (C=N–C) groups is 1. The Kier molecular flexibility index (Phi) is 2.20. The summed E-state index contributed by atoms with van der Waals surface area (Å²) in [6.07, 6.45) is 1.00. The summed E-state index contributed by atoms with van der Waals surface area (Å²) in [5.41, 5.74) is 8.15. The van der Waals surface area contributed by atoms with Crippen LogP contribution in [0.5, 0.6) is 0 Å². The standard InChI is InChI=1S/C12H15N3O/c13-12-15-9(7-16-12)5-8-6-14-11-4-2-1-3-10(8)11/h1-4,8-9,14H,5-7H2,(H2,13,15)/t8?,9-/m0/s1. The van der Waals surface area contributed by atoms with E-state index in [4.69, 9.17) is 10.5 Å². The molecule has 0 radical (unpaired) electrons. The lowest BCUT2D eigenvalue weighted by molar-refractivity contribution is 0.303. The maximum atomic E-state index is 5.51. The van der Waals surface area contributed by atoms with Crippen molar-refractivity contribution in [2.75, 3.05) is 18.5 Å². The zero-order valence-corrected chi connectivity index (χ0v) is 9.02. The smallest absolute Gasteiger partial charge is 0.282 e. The van der Waals surface area contributed by atoms with E-state index in [9.17, 15) is 0 Å². The fourth-order valence-electron chi connectivity index (χ4n) is 2.45. The third-order valence-corrected chi connectivity index (χ3v) is 3.23. The van der Waals surface area contributed by atoms with Crippen molar-refractivity contribution >= 4 is 11.7 Å². The fourth-order valence-corrected chi connectivity index (χ4v) is 2.45. The average molecular weight is 217 g/mol. The zero-order valence-electron chi connectivity index (χ0n) is 9.02. The van der Waals surface area contributed by atoms with Crippen LogP contribution in [0.4, 0.5) is 5.69 Å². The van der Waals surface area contributed by atoms with E-state index in [-0.39, 0.29) is 6.04 Å². The van der Waals surface area contributed by atoms with E-state index in [1.54, 1.807) is 0 Å². The molecular formula is C12H15N3O. The van der Waals surface area contributed by atoms with Gasteiger partial charge in [0.2, 0.25) is 0 Å². The molecule has 84 valence electrons. The third kappa shape index (κ3) is 1.60. The van der Waals surface area contributed by atoms with Gasteiger partial charge in [-0.1, -0.05) is 18.2 Å². The summed E-state index contributed by atoms with van der Waals surface area (Å²) >= 11 is 0. The molecule has 1 unspecified atom stereocenters. The van der Waals surface area contributed by atoms with Crippen molar-refractivity contribution in [2.45, 2.75) is 18.4 Å². The van der Waals surface area contributed by atoms with Crippen LogP contribution in [-0.4, -0.2) is 25.2 Å². The number of nitrogens with zero attached hydrogens (tertiary/aromatic N) is 1. The summed E-state index contributed by atoms with van der Waals surface area (Å²) in [6.45, 7) is 1.62. The van der Waals surface area contributed by atoms with Gasteiger partial charge in [-0.05, 0) is 18.1 Å². The van der Waals surface area contributed by atoms with Crippen molar-refractivity contribution in [2.24, 2.45) is 10.7 Å². The first-order valence-electron chi connectivity index (χ1n) is 5.62.